The maximum Gasteiger partial charge on any atom is 0.246 e. The van der Waals surface area contributed by atoms with Crippen molar-refractivity contribution in [3.05, 3.63) is 48.0 Å². The fourth-order valence-corrected chi connectivity index (χ4v) is 6.28. The third-order valence-corrected chi connectivity index (χ3v) is 8.05. The number of anilines is 1. The minimum absolute atomic E-state index is 0.00467. The first-order chi connectivity index (χ1) is 14.9. The van der Waals surface area contributed by atoms with Crippen LogP contribution in [0.4, 0.5) is 5.69 Å². The molecule has 0 bridgehead atoms. The Bertz CT molecular complexity index is 1090. The van der Waals surface area contributed by atoms with Crippen LogP contribution in [0.2, 0.25) is 0 Å². The number of carbonyl (C=O) groups excluding carboxylic acids is 1. The number of sulfonamides is 1. The van der Waals surface area contributed by atoms with Crippen LogP contribution in [0.1, 0.15) is 25.3 Å². The van der Waals surface area contributed by atoms with Crippen molar-refractivity contribution >= 4 is 21.6 Å². The first kappa shape index (κ1) is 21.6. The summed E-state index contributed by atoms with van der Waals surface area (Å²) in [7, 11) is -0.915. The molecule has 2 heterocycles. The second kappa shape index (κ2) is 8.51. The Morgan fingerprint density at radius 1 is 1.10 bits per heavy atom. The minimum atomic E-state index is -3.84. The molecule has 1 fully saturated rings. The summed E-state index contributed by atoms with van der Waals surface area (Å²) >= 11 is 0. The summed E-state index contributed by atoms with van der Waals surface area (Å²) in [6.07, 6.45) is 2.12. The molecule has 0 aliphatic carbocycles. The molecule has 31 heavy (non-hydrogen) atoms. The van der Waals surface area contributed by atoms with Gasteiger partial charge in [0.15, 0.2) is 0 Å². The van der Waals surface area contributed by atoms with Gasteiger partial charge >= 0.3 is 0 Å². The Balaban J connectivity index is 1.60. The van der Waals surface area contributed by atoms with Gasteiger partial charge in [-0.05, 0) is 49.9 Å². The molecule has 8 heteroatoms. The number of amides is 1. The van der Waals surface area contributed by atoms with Crippen molar-refractivity contribution in [1.29, 1.82) is 0 Å². The molecule has 0 aromatic heterocycles. The maximum absolute atomic E-state index is 13.5. The molecule has 1 saturated heterocycles. The van der Waals surface area contributed by atoms with Crippen LogP contribution in [0.25, 0.3) is 0 Å². The summed E-state index contributed by atoms with van der Waals surface area (Å²) in [4.78, 5) is 15.4. The maximum atomic E-state index is 13.5. The number of hydrogen-bond acceptors (Lipinski definition) is 5. The Morgan fingerprint density at radius 2 is 1.87 bits per heavy atom. The number of hydrogen-bond donors (Lipinski definition) is 0. The van der Waals surface area contributed by atoms with Crippen molar-refractivity contribution in [3.8, 4) is 11.5 Å². The first-order valence-corrected chi connectivity index (χ1v) is 11.9. The monoisotopic (exact) mass is 444 g/mol. The molecule has 2 aromatic carbocycles. The molecule has 2 aliphatic rings. The van der Waals surface area contributed by atoms with Crippen LogP contribution in [0.5, 0.6) is 11.5 Å². The number of carbonyl (C=O) groups is 1. The van der Waals surface area contributed by atoms with Crippen LogP contribution < -0.4 is 14.4 Å². The van der Waals surface area contributed by atoms with E-state index in [2.05, 4.69) is 0 Å². The van der Waals surface area contributed by atoms with Crippen LogP contribution in [-0.4, -0.2) is 52.0 Å². The molecular formula is C23H28N2O5S. The molecule has 7 nitrogen and oxygen atoms in total. The van der Waals surface area contributed by atoms with Crippen molar-refractivity contribution in [1.82, 2.24) is 4.31 Å². The lowest BCUT2D eigenvalue weighted by atomic mass is 9.97. The van der Waals surface area contributed by atoms with Crippen LogP contribution in [0, 0.1) is 5.92 Å². The lowest BCUT2D eigenvalue weighted by molar-refractivity contribution is -0.123. The van der Waals surface area contributed by atoms with E-state index in [-0.39, 0.29) is 35.1 Å². The van der Waals surface area contributed by atoms with Crippen molar-refractivity contribution in [2.45, 2.75) is 37.1 Å². The number of methoxy groups -OCH3 is 2. The molecule has 4 rings (SSSR count). The highest BCUT2D eigenvalue weighted by Crippen LogP contribution is 2.36. The highest BCUT2D eigenvalue weighted by Gasteiger charge is 2.39. The third kappa shape index (κ3) is 3.90. The summed E-state index contributed by atoms with van der Waals surface area (Å²) in [6, 6.07) is 12.7. The third-order valence-electron chi connectivity index (χ3n) is 6.17. The van der Waals surface area contributed by atoms with Gasteiger partial charge in [-0.15, -0.1) is 0 Å². The molecule has 1 amide bonds. The molecule has 0 saturated carbocycles. The lowest BCUT2D eigenvalue weighted by Gasteiger charge is -2.34. The van der Waals surface area contributed by atoms with Crippen LogP contribution >= 0.6 is 0 Å². The summed E-state index contributed by atoms with van der Waals surface area (Å²) < 4.78 is 38.8. The van der Waals surface area contributed by atoms with E-state index in [1.807, 2.05) is 36.1 Å². The molecule has 0 N–H and O–H groups in total. The molecule has 166 valence electrons. The second-order valence-corrected chi connectivity index (χ2v) is 10.0. The van der Waals surface area contributed by atoms with Crippen molar-refractivity contribution < 1.29 is 22.7 Å². The Morgan fingerprint density at radius 3 is 2.61 bits per heavy atom. The minimum Gasteiger partial charge on any atom is -0.497 e. The fourth-order valence-electron chi connectivity index (χ4n) is 4.59. The van der Waals surface area contributed by atoms with E-state index in [1.165, 1.54) is 24.6 Å². The van der Waals surface area contributed by atoms with E-state index in [1.54, 1.807) is 12.1 Å². The molecule has 0 unspecified atom stereocenters. The molecule has 2 aromatic rings. The SMILES string of the molecule is COc1ccc(OC)c(S(=O)(=O)N2CCC[C@@H](C(=O)N3c4ccccc4C[C@H]3C)C2)c1. The van der Waals surface area contributed by atoms with Gasteiger partial charge in [0.2, 0.25) is 15.9 Å². The molecule has 0 spiro atoms. The van der Waals surface area contributed by atoms with Crippen molar-refractivity contribution in [3.63, 3.8) is 0 Å². The normalized spacial score (nSPS) is 21.6. The number of nitrogens with zero attached hydrogens (tertiary/aromatic N) is 2. The van der Waals surface area contributed by atoms with Crippen molar-refractivity contribution in [2.75, 3.05) is 32.2 Å². The predicted octanol–water partition coefficient (Wildman–Crippen LogP) is 3.08. The Hall–Kier alpha value is -2.58. The average Bonchev–Trinajstić information content (AvgIpc) is 3.13. The van der Waals surface area contributed by atoms with Gasteiger partial charge in [0.05, 0.1) is 20.1 Å². The van der Waals surface area contributed by atoms with E-state index in [0.717, 1.165) is 17.7 Å². The van der Waals surface area contributed by atoms with Gasteiger partial charge in [-0.3, -0.25) is 4.79 Å². The summed E-state index contributed by atoms with van der Waals surface area (Å²) in [5.74, 6) is 0.312. The molecule has 0 radical (unpaired) electrons. The summed E-state index contributed by atoms with van der Waals surface area (Å²) in [5, 5.41) is 0. The largest absolute Gasteiger partial charge is 0.497 e. The molecule has 2 atom stereocenters. The zero-order valence-corrected chi connectivity index (χ0v) is 18.9. The van der Waals surface area contributed by atoms with Crippen LogP contribution in [0.3, 0.4) is 0 Å². The highest BCUT2D eigenvalue weighted by atomic mass is 32.2. The number of benzene rings is 2. The topological polar surface area (TPSA) is 76.1 Å². The Kier molecular flexibility index (Phi) is 5.94. The quantitative estimate of drug-likeness (QED) is 0.708. The van der Waals surface area contributed by atoms with Crippen LogP contribution in [-0.2, 0) is 21.2 Å². The van der Waals surface area contributed by atoms with Gasteiger partial charge in [0, 0.05) is 30.9 Å². The number of fused-ring (bicyclic) bond motifs is 1. The van der Waals surface area contributed by atoms with E-state index >= 15 is 0 Å². The van der Waals surface area contributed by atoms with Crippen LogP contribution in [0.15, 0.2) is 47.4 Å². The summed E-state index contributed by atoms with van der Waals surface area (Å²) in [6.45, 7) is 2.57. The van der Waals surface area contributed by atoms with Gasteiger partial charge in [-0.1, -0.05) is 18.2 Å². The van der Waals surface area contributed by atoms with Gasteiger partial charge < -0.3 is 14.4 Å². The van der Waals surface area contributed by atoms with Gasteiger partial charge in [-0.25, -0.2) is 8.42 Å². The first-order valence-electron chi connectivity index (χ1n) is 10.5. The van der Waals surface area contributed by atoms with E-state index in [9.17, 15) is 13.2 Å². The van der Waals surface area contributed by atoms with E-state index in [0.29, 0.717) is 25.1 Å². The standard InChI is InChI=1S/C23H28N2O5S/c1-16-13-17-7-4-5-9-20(17)25(16)23(26)18-8-6-12-24(15-18)31(27,28)22-14-19(29-2)10-11-21(22)30-3/h4-5,7,9-11,14,16,18H,6,8,12-13,15H2,1-3H3/t16-,18-/m1/s1. The van der Waals surface area contributed by atoms with Crippen molar-refractivity contribution in [2.24, 2.45) is 5.92 Å². The zero-order chi connectivity index (χ0) is 22.2. The Labute approximate surface area is 183 Å². The lowest BCUT2D eigenvalue weighted by Crippen LogP contribution is -2.48. The zero-order valence-electron chi connectivity index (χ0n) is 18.1. The number of piperidine rings is 1. The van der Waals surface area contributed by atoms with E-state index in [4.69, 9.17) is 9.47 Å². The highest BCUT2D eigenvalue weighted by molar-refractivity contribution is 7.89. The van der Waals surface area contributed by atoms with Gasteiger partial charge in [0.25, 0.3) is 0 Å². The predicted molar refractivity (Wildman–Crippen MR) is 118 cm³/mol. The smallest absolute Gasteiger partial charge is 0.246 e. The fraction of sp³-hybridized carbons (Fsp3) is 0.435. The van der Waals surface area contributed by atoms with E-state index < -0.39 is 10.0 Å². The second-order valence-electron chi connectivity index (χ2n) is 8.11. The molecular weight excluding hydrogens is 416 g/mol. The summed E-state index contributed by atoms with van der Waals surface area (Å²) in [5.41, 5.74) is 2.10. The van der Waals surface area contributed by atoms with Gasteiger partial charge in [0.1, 0.15) is 16.4 Å². The number of rotatable bonds is 5. The van der Waals surface area contributed by atoms with Gasteiger partial charge in [-0.2, -0.15) is 4.31 Å². The average molecular weight is 445 g/mol. The number of ether oxygens (including phenoxy) is 2. The molecule has 2 aliphatic heterocycles. The number of para-hydroxylation sites is 1.